The summed E-state index contributed by atoms with van der Waals surface area (Å²) in [5.74, 6) is -1.05. The van der Waals surface area contributed by atoms with Crippen molar-refractivity contribution in [2.24, 2.45) is 0 Å². The van der Waals surface area contributed by atoms with Gasteiger partial charge in [-0.1, -0.05) is 145 Å². The zero-order valence-corrected chi connectivity index (χ0v) is 30.1. The number of para-hydroxylation sites is 4. The van der Waals surface area contributed by atoms with Crippen LogP contribution in [0.4, 0.5) is 0 Å². The van der Waals surface area contributed by atoms with Crippen LogP contribution in [0, 0.1) is 0 Å². The molecule has 0 fully saturated rings. The maximum atomic E-state index is 9.18. The Kier molecular flexibility index (Phi) is 4.40. The quantitative estimate of drug-likeness (QED) is 0.175. The Morgan fingerprint density at radius 3 is 1.49 bits per heavy atom. The molecule has 6 heteroatoms. The van der Waals surface area contributed by atoms with Gasteiger partial charge in [0.05, 0.1) is 44.0 Å². The molecule has 4 aromatic heterocycles. The summed E-state index contributed by atoms with van der Waals surface area (Å²) in [6, 6.07) is 19.3. The molecule has 0 bridgehead atoms. The molecule has 5 nitrogen and oxygen atoms in total. The molecule has 0 unspecified atom stereocenters. The van der Waals surface area contributed by atoms with E-state index >= 15 is 0 Å². The van der Waals surface area contributed by atoms with Crippen molar-refractivity contribution in [3.63, 3.8) is 0 Å². The first-order chi connectivity index (χ1) is 34.9. The van der Waals surface area contributed by atoms with E-state index in [0.717, 1.165) is 46.9 Å². The Morgan fingerprint density at radius 2 is 0.895 bits per heavy atom. The van der Waals surface area contributed by atoms with E-state index in [0.29, 0.717) is 5.56 Å². The first-order valence-electron chi connectivity index (χ1n) is 25.8. The molecule has 8 aromatic carbocycles. The lowest BCUT2D eigenvalue weighted by atomic mass is 9.95. The number of nitrogens with zero attached hydrogens (tertiary/aromatic N) is 5. The van der Waals surface area contributed by atoms with Gasteiger partial charge in [0.1, 0.15) is 0 Å². The van der Waals surface area contributed by atoms with Crippen LogP contribution in [0.5, 0.6) is 0 Å². The fourth-order valence-corrected chi connectivity index (χ4v) is 8.75. The van der Waals surface area contributed by atoms with E-state index in [1.54, 1.807) is 23.5 Å². The first kappa shape index (κ1) is 20.0. The van der Waals surface area contributed by atoms with E-state index in [1.807, 2.05) is 42.5 Å². The van der Waals surface area contributed by atoms with E-state index in [1.165, 1.54) is 4.70 Å². The van der Waals surface area contributed by atoms with Gasteiger partial charge in [-0.25, -0.2) is 0 Å². The highest BCUT2D eigenvalue weighted by molar-refractivity contribution is 7.25. The summed E-state index contributed by atoms with van der Waals surface area (Å²) in [6.45, 7) is 0. The van der Waals surface area contributed by atoms with Crippen LogP contribution in [0.3, 0.4) is 0 Å². The summed E-state index contributed by atoms with van der Waals surface area (Å²) in [5.41, 5.74) is 2.79. The highest BCUT2D eigenvalue weighted by Crippen LogP contribution is 2.41. The summed E-state index contributed by atoms with van der Waals surface area (Å²) in [4.78, 5) is 14.4. The molecule has 0 aliphatic heterocycles. The number of hydrogen-bond donors (Lipinski definition) is 0. The van der Waals surface area contributed by atoms with E-state index in [2.05, 4.69) is 36.4 Å². The van der Waals surface area contributed by atoms with Crippen molar-refractivity contribution in [2.75, 3.05) is 0 Å². The molecule has 0 spiro atoms. The summed E-state index contributed by atoms with van der Waals surface area (Å²) >= 11 is 1.73. The van der Waals surface area contributed by atoms with Crippen LogP contribution in [-0.4, -0.2) is 24.1 Å². The van der Waals surface area contributed by atoms with Crippen LogP contribution in [0.1, 0.15) is 21.9 Å². The Morgan fingerprint density at radius 1 is 0.404 bits per heavy atom. The Hall–Kier alpha value is -7.41. The van der Waals surface area contributed by atoms with Crippen molar-refractivity contribution in [1.29, 1.82) is 0 Å². The average Bonchev–Trinajstić information content (AvgIpc) is 4.10. The molecule has 266 valence electrons. The second-order valence-electron chi connectivity index (χ2n) is 13.3. The Labute approximate surface area is 353 Å². The van der Waals surface area contributed by atoms with Crippen molar-refractivity contribution in [2.45, 2.75) is 0 Å². The van der Waals surface area contributed by atoms with Gasteiger partial charge in [-0.05, 0) is 64.6 Å². The van der Waals surface area contributed by atoms with Crippen LogP contribution >= 0.6 is 11.3 Å². The minimum Gasteiger partial charge on any atom is -0.278 e. The minimum absolute atomic E-state index is 0.135. The van der Waals surface area contributed by atoms with Gasteiger partial charge in [-0.2, -0.15) is 15.0 Å². The van der Waals surface area contributed by atoms with Crippen molar-refractivity contribution in [3.8, 4) is 45.5 Å². The van der Waals surface area contributed by atoms with Gasteiger partial charge >= 0.3 is 0 Å². The molecule has 0 atom stereocenters. The molecule has 4 heterocycles. The topological polar surface area (TPSA) is 48.5 Å². The predicted octanol–water partition coefficient (Wildman–Crippen LogP) is 13.4. The molecule has 0 radical (unpaired) electrons. The van der Waals surface area contributed by atoms with Crippen molar-refractivity contribution >= 4 is 75.1 Å². The lowest BCUT2D eigenvalue weighted by molar-refractivity contribution is 0.893. The molecule has 57 heavy (non-hydrogen) atoms. The number of fused-ring (bicyclic) bond motifs is 9. The number of rotatable bonds is 5. The molecule has 12 rings (SSSR count). The molecule has 0 saturated carbocycles. The van der Waals surface area contributed by atoms with Crippen LogP contribution in [-0.2, 0) is 0 Å². The summed E-state index contributed by atoms with van der Waals surface area (Å²) in [6.07, 6.45) is 0. The summed E-state index contributed by atoms with van der Waals surface area (Å²) in [7, 11) is 0. The largest absolute Gasteiger partial charge is 0.278 e. The van der Waals surface area contributed by atoms with Gasteiger partial charge < -0.3 is 0 Å². The molecular weight excluding hydrogens is 715 g/mol. The number of benzene rings is 8. The number of aromatic nitrogens is 5. The van der Waals surface area contributed by atoms with Crippen LogP contribution < -0.4 is 0 Å². The molecule has 0 N–H and O–H groups in total. The molecule has 0 saturated heterocycles. The molecule has 12 aromatic rings. The van der Waals surface area contributed by atoms with E-state index in [9.17, 15) is 5.48 Å². The summed E-state index contributed by atoms with van der Waals surface area (Å²) < 4.78 is 146. The minimum atomic E-state index is -0.694. The Bertz CT molecular complexity index is 4140. The van der Waals surface area contributed by atoms with Crippen LogP contribution in [0.25, 0.3) is 109 Å². The standard InChI is InChI=1S/C51H31N5S/c1-6-21-42-37(15-1)38-16-2-7-22-43(38)55(42)50-52-49(53-51(54-50)56-44-23-8-3-17-39(44)40-18-4-9-24-45(40)56)33-29-27-32(28-30-33)34-13-11-14-35(31-34)36-20-12-26-47-48(36)41-19-5-10-25-46(41)57-47/h1-31H/i1D,2D,3D,4D,6D,7D,8D,9D,15D,16D,17D,18D,21D,22D,23D,24D. The third kappa shape index (κ3) is 4.98. The van der Waals surface area contributed by atoms with Gasteiger partial charge in [-0.3, -0.25) is 9.13 Å². The van der Waals surface area contributed by atoms with Gasteiger partial charge in [0.15, 0.2) is 5.82 Å². The lowest BCUT2D eigenvalue weighted by Crippen LogP contribution is -2.10. The maximum Gasteiger partial charge on any atom is 0.240 e. The monoisotopic (exact) mass is 761 g/mol. The molecule has 0 aliphatic rings. The molecular formula is C51H31N5S. The Balaban J connectivity index is 1.15. The van der Waals surface area contributed by atoms with Gasteiger partial charge in [-0.15, -0.1) is 11.3 Å². The fraction of sp³-hybridized carbons (Fsp3) is 0. The van der Waals surface area contributed by atoms with E-state index in [-0.39, 0.29) is 49.4 Å². The second-order valence-corrected chi connectivity index (χ2v) is 14.3. The zero-order chi connectivity index (χ0) is 51.4. The number of thiophene rings is 1. The second kappa shape index (κ2) is 12.6. The fourth-order valence-electron chi connectivity index (χ4n) is 7.62. The van der Waals surface area contributed by atoms with E-state index in [4.69, 9.17) is 31.4 Å². The third-order valence-corrected chi connectivity index (χ3v) is 11.3. The van der Waals surface area contributed by atoms with Crippen LogP contribution in [0.15, 0.2) is 188 Å². The highest BCUT2D eigenvalue weighted by atomic mass is 32.1. The summed E-state index contributed by atoms with van der Waals surface area (Å²) in [5, 5.41) is 1.28. The van der Waals surface area contributed by atoms with Crippen LogP contribution in [0.2, 0.25) is 0 Å². The number of hydrogen-bond acceptors (Lipinski definition) is 4. The van der Waals surface area contributed by atoms with Crippen molar-refractivity contribution in [3.05, 3.63) is 188 Å². The van der Waals surface area contributed by atoms with Crippen molar-refractivity contribution in [1.82, 2.24) is 24.1 Å². The normalized spacial score (nSPS) is 15.8. The predicted molar refractivity (Wildman–Crippen MR) is 238 cm³/mol. The zero-order valence-electron chi connectivity index (χ0n) is 45.3. The maximum absolute atomic E-state index is 9.18. The molecule has 0 aliphatic carbocycles. The van der Waals surface area contributed by atoms with Gasteiger partial charge in [0, 0.05) is 47.3 Å². The van der Waals surface area contributed by atoms with E-state index < -0.39 is 109 Å². The third-order valence-electron chi connectivity index (χ3n) is 10.1. The smallest absolute Gasteiger partial charge is 0.240 e. The first-order valence-corrected chi connectivity index (χ1v) is 18.6. The van der Waals surface area contributed by atoms with Crippen molar-refractivity contribution < 1.29 is 21.9 Å². The van der Waals surface area contributed by atoms with Gasteiger partial charge in [0.2, 0.25) is 11.9 Å². The van der Waals surface area contributed by atoms with Gasteiger partial charge in [0.25, 0.3) is 0 Å². The molecule has 0 amide bonds. The highest BCUT2D eigenvalue weighted by Gasteiger charge is 2.20. The average molecular weight is 762 g/mol. The SMILES string of the molecule is [2H]c1c([2H])c([2H])c2c(c1[2H])c1c([2H])c([2H])c([2H])c([2H])c1n2-c1nc(-c2ccc(-c3cccc(-c4cccc5sc6ccccc6c45)c3)cc2)nc(-n2c3c([2H])c([2H])c([2H])c([2H])c3c3c([2H])c([2H])c([2H])c([2H])c32)n1. The lowest BCUT2D eigenvalue weighted by Gasteiger charge is -2.13.